The molecule has 0 aromatic rings. The van der Waals surface area contributed by atoms with Crippen molar-refractivity contribution in [2.24, 2.45) is 0 Å². The SMILES string of the molecule is COC1=C(C2=CCC=C2B(C)C)CC=C1. The number of ether oxygens (including phenoxy) is 1. The average Bonchev–Trinajstić information content (AvgIpc) is 2.85. The minimum Gasteiger partial charge on any atom is -0.496 e. The molecule has 2 heteroatoms. The number of hydrogen-bond acceptors (Lipinski definition) is 1. The van der Waals surface area contributed by atoms with Gasteiger partial charge in [-0.2, -0.15) is 0 Å². The third-order valence-electron chi connectivity index (χ3n) is 3.03. The highest BCUT2D eigenvalue weighted by molar-refractivity contribution is 6.65. The van der Waals surface area contributed by atoms with Crippen LogP contribution in [0, 0.1) is 0 Å². The van der Waals surface area contributed by atoms with E-state index in [-0.39, 0.29) is 0 Å². The molecule has 1 nitrogen and oxygen atoms in total. The van der Waals surface area contributed by atoms with Crippen molar-refractivity contribution in [3.05, 3.63) is 46.7 Å². The van der Waals surface area contributed by atoms with Crippen molar-refractivity contribution < 1.29 is 4.74 Å². The molecule has 0 aromatic carbocycles. The summed E-state index contributed by atoms with van der Waals surface area (Å²) in [6.07, 6.45) is 11.0. The van der Waals surface area contributed by atoms with Gasteiger partial charge >= 0.3 is 0 Å². The fourth-order valence-corrected chi connectivity index (χ4v) is 2.29. The number of hydrogen-bond donors (Lipinski definition) is 0. The topological polar surface area (TPSA) is 9.23 Å². The van der Waals surface area contributed by atoms with Crippen molar-refractivity contribution in [2.45, 2.75) is 26.5 Å². The first-order valence-corrected chi connectivity index (χ1v) is 5.58. The molecule has 2 aliphatic rings. The van der Waals surface area contributed by atoms with Gasteiger partial charge in [0.05, 0.1) is 7.11 Å². The number of methoxy groups -OCH3 is 1. The molecule has 0 aromatic heterocycles. The Morgan fingerprint density at radius 3 is 2.73 bits per heavy atom. The Morgan fingerprint density at radius 2 is 2.07 bits per heavy atom. The van der Waals surface area contributed by atoms with Gasteiger partial charge in [0, 0.05) is 5.57 Å². The summed E-state index contributed by atoms with van der Waals surface area (Å²) in [6, 6.07) is 0. The van der Waals surface area contributed by atoms with Crippen LogP contribution in [-0.4, -0.2) is 13.8 Å². The largest absolute Gasteiger partial charge is 0.496 e. The molecule has 78 valence electrons. The van der Waals surface area contributed by atoms with Gasteiger partial charge in [0.2, 0.25) is 0 Å². The summed E-state index contributed by atoms with van der Waals surface area (Å²) < 4.78 is 5.39. The Kier molecular flexibility index (Phi) is 2.85. The molecular weight excluding hydrogens is 183 g/mol. The molecule has 0 atom stereocenters. The third-order valence-corrected chi connectivity index (χ3v) is 3.03. The quantitative estimate of drug-likeness (QED) is 0.634. The lowest BCUT2D eigenvalue weighted by molar-refractivity contribution is 0.305. The highest BCUT2D eigenvalue weighted by Gasteiger charge is 2.22. The summed E-state index contributed by atoms with van der Waals surface area (Å²) in [4.78, 5) is 0. The predicted octanol–water partition coefficient (Wildman–Crippen LogP) is 3.40. The van der Waals surface area contributed by atoms with E-state index in [9.17, 15) is 0 Å². The van der Waals surface area contributed by atoms with Crippen LogP contribution < -0.4 is 0 Å². The van der Waals surface area contributed by atoms with Crippen LogP contribution >= 0.6 is 0 Å². The lowest BCUT2D eigenvalue weighted by Crippen LogP contribution is -2.08. The van der Waals surface area contributed by atoms with Gasteiger partial charge in [-0.25, -0.2) is 0 Å². The zero-order chi connectivity index (χ0) is 10.8. The smallest absolute Gasteiger partial charge is 0.169 e. The molecule has 0 bridgehead atoms. The van der Waals surface area contributed by atoms with Crippen LogP contribution in [0.25, 0.3) is 0 Å². The van der Waals surface area contributed by atoms with Crippen LogP contribution in [0.5, 0.6) is 0 Å². The molecule has 0 saturated heterocycles. The van der Waals surface area contributed by atoms with Crippen molar-refractivity contribution in [2.75, 3.05) is 7.11 Å². The van der Waals surface area contributed by atoms with Gasteiger partial charge in [0.15, 0.2) is 6.71 Å². The van der Waals surface area contributed by atoms with Crippen LogP contribution in [-0.2, 0) is 4.74 Å². The zero-order valence-corrected chi connectivity index (χ0v) is 9.71. The van der Waals surface area contributed by atoms with Crippen molar-refractivity contribution in [1.82, 2.24) is 0 Å². The maximum Gasteiger partial charge on any atom is 0.169 e. The molecule has 0 aliphatic heterocycles. The Bertz CT molecular complexity index is 383. The van der Waals surface area contributed by atoms with E-state index in [0.29, 0.717) is 6.71 Å². The molecule has 0 fully saturated rings. The van der Waals surface area contributed by atoms with E-state index in [2.05, 4.69) is 38.0 Å². The fraction of sp³-hybridized carbons (Fsp3) is 0.385. The first kappa shape index (κ1) is 10.3. The van der Waals surface area contributed by atoms with Crippen LogP contribution in [0.1, 0.15) is 12.8 Å². The highest BCUT2D eigenvalue weighted by Crippen LogP contribution is 2.35. The third kappa shape index (κ3) is 1.81. The van der Waals surface area contributed by atoms with E-state index in [1.54, 1.807) is 7.11 Å². The second-order valence-corrected chi connectivity index (χ2v) is 4.32. The first-order valence-electron chi connectivity index (χ1n) is 5.58. The van der Waals surface area contributed by atoms with Gasteiger partial charge in [0.25, 0.3) is 0 Å². The summed E-state index contributed by atoms with van der Waals surface area (Å²) in [7, 11) is 1.75. The Labute approximate surface area is 92.3 Å². The zero-order valence-electron chi connectivity index (χ0n) is 9.71. The van der Waals surface area contributed by atoms with Crippen molar-refractivity contribution in [1.29, 1.82) is 0 Å². The van der Waals surface area contributed by atoms with Gasteiger partial charge in [-0.15, -0.1) is 0 Å². The fourth-order valence-electron chi connectivity index (χ4n) is 2.29. The van der Waals surface area contributed by atoms with E-state index in [1.165, 1.54) is 16.6 Å². The second-order valence-electron chi connectivity index (χ2n) is 4.32. The Balaban J connectivity index is 2.30. The monoisotopic (exact) mass is 200 g/mol. The predicted molar refractivity (Wildman–Crippen MR) is 66.1 cm³/mol. The molecule has 15 heavy (non-hydrogen) atoms. The molecule has 0 spiro atoms. The molecule has 0 unspecified atom stereocenters. The highest BCUT2D eigenvalue weighted by atomic mass is 16.5. The Morgan fingerprint density at radius 1 is 1.27 bits per heavy atom. The molecule has 2 aliphatic carbocycles. The normalized spacial score (nSPS) is 19.4. The van der Waals surface area contributed by atoms with Gasteiger partial charge in [-0.3, -0.25) is 0 Å². The second kappa shape index (κ2) is 4.14. The lowest BCUT2D eigenvalue weighted by Gasteiger charge is -2.13. The molecular formula is C13H17BO. The standard InChI is InChI=1S/C13H17BO/c1-14(2)12-8-4-6-10(12)11-7-5-9-13(11)15-3/h5-6,8-9H,4,7H2,1-3H3. The van der Waals surface area contributed by atoms with Crippen LogP contribution in [0.4, 0.5) is 0 Å². The van der Waals surface area contributed by atoms with Crippen LogP contribution in [0.3, 0.4) is 0 Å². The molecule has 0 heterocycles. The van der Waals surface area contributed by atoms with E-state index < -0.39 is 0 Å². The summed E-state index contributed by atoms with van der Waals surface area (Å²) in [5.74, 6) is 1.04. The van der Waals surface area contributed by atoms with E-state index >= 15 is 0 Å². The van der Waals surface area contributed by atoms with E-state index in [0.717, 1.165) is 18.6 Å². The van der Waals surface area contributed by atoms with Crippen LogP contribution in [0.15, 0.2) is 46.7 Å². The van der Waals surface area contributed by atoms with Crippen molar-refractivity contribution in [3.8, 4) is 0 Å². The first-order chi connectivity index (χ1) is 7.24. The van der Waals surface area contributed by atoms with Gasteiger partial charge in [-0.1, -0.05) is 37.3 Å². The van der Waals surface area contributed by atoms with Gasteiger partial charge < -0.3 is 4.74 Å². The van der Waals surface area contributed by atoms with Gasteiger partial charge in [-0.05, 0) is 24.5 Å². The number of allylic oxidation sites excluding steroid dienone is 7. The minimum absolute atomic E-state index is 0.602. The average molecular weight is 200 g/mol. The summed E-state index contributed by atoms with van der Waals surface area (Å²) in [6.45, 7) is 5.10. The summed E-state index contributed by atoms with van der Waals surface area (Å²) in [5, 5.41) is 0. The maximum absolute atomic E-state index is 5.39. The molecule has 0 radical (unpaired) electrons. The number of rotatable bonds is 3. The molecule has 0 saturated carbocycles. The lowest BCUT2D eigenvalue weighted by atomic mass is 9.47. The maximum atomic E-state index is 5.39. The molecule has 0 N–H and O–H groups in total. The van der Waals surface area contributed by atoms with E-state index in [4.69, 9.17) is 4.74 Å². The van der Waals surface area contributed by atoms with Crippen molar-refractivity contribution >= 4 is 6.71 Å². The van der Waals surface area contributed by atoms with Crippen LogP contribution in [0.2, 0.25) is 13.6 Å². The molecule has 2 rings (SSSR count). The summed E-state index contributed by atoms with van der Waals surface area (Å²) >= 11 is 0. The van der Waals surface area contributed by atoms with E-state index in [1.807, 2.05) is 0 Å². The Hall–Kier alpha value is -1.18. The van der Waals surface area contributed by atoms with Gasteiger partial charge in [0.1, 0.15) is 5.76 Å². The van der Waals surface area contributed by atoms with Crippen molar-refractivity contribution in [3.63, 3.8) is 0 Å². The molecule has 0 amide bonds. The minimum atomic E-state index is 0.602. The summed E-state index contributed by atoms with van der Waals surface area (Å²) in [5.41, 5.74) is 4.24.